The maximum atomic E-state index is 13.2. The van der Waals surface area contributed by atoms with Gasteiger partial charge in [-0.15, -0.1) is 0 Å². The second kappa shape index (κ2) is 27.3. The largest absolute Gasteiger partial charge is 0.403 e. The number of ether oxygens (including phenoxy) is 10. The molecule has 0 aliphatic carbocycles. The van der Waals surface area contributed by atoms with Crippen LogP contribution in [-0.4, -0.2) is 88.3 Å². The summed E-state index contributed by atoms with van der Waals surface area (Å²) in [6, 6.07) is 0. The van der Waals surface area contributed by atoms with Crippen molar-refractivity contribution in [2.75, 3.05) is 52.9 Å². The molecule has 0 aromatic carbocycles. The van der Waals surface area contributed by atoms with Crippen LogP contribution in [0.1, 0.15) is 153 Å². The smallest absolute Gasteiger partial charge is 0.386 e. The molecule has 292 valence electrons. The van der Waals surface area contributed by atoms with Gasteiger partial charge in [-0.05, 0) is 79.1 Å². The van der Waals surface area contributed by atoms with Crippen LogP contribution >= 0.6 is 0 Å². The number of carbonyl (C=O) groups is 2. The van der Waals surface area contributed by atoms with Gasteiger partial charge in [-0.2, -0.15) is 0 Å². The Balaban J connectivity index is 5.33. The Labute approximate surface area is 297 Å². The fraction of sp³-hybridized carbons (Fsp3) is 0.946. The summed E-state index contributed by atoms with van der Waals surface area (Å²) in [5.41, 5.74) is 0. The zero-order valence-electron chi connectivity index (χ0n) is 32.7. The van der Waals surface area contributed by atoms with Crippen molar-refractivity contribution in [1.29, 1.82) is 0 Å². The zero-order chi connectivity index (χ0) is 37.1. The summed E-state index contributed by atoms with van der Waals surface area (Å²) in [6.45, 7) is 21.5. The van der Waals surface area contributed by atoms with Gasteiger partial charge in [0.05, 0.1) is 39.6 Å². The van der Waals surface area contributed by atoms with Crippen LogP contribution in [-0.2, 0) is 57.0 Å². The van der Waals surface area contributed by atoms with Crippen molar-refractivity contribution >= 4 is 11.9 Å². The molecule has 2 atom stereocenters. The van der Waals surface area contributed by atoms with Crippen LogP contribution < -0.4 is 0 Å². The van der Waals surface area contributed by atoms with Crippen LogP contribution in [0.15, 0.2) is 0 Å². The van der Waals surface area contributed by atoms with Crippen LogP contribution in [0.4, 0.5) is 0 Å². The predicted octanol–water partition coefficient (Wildman–Crippen LogP) is 8.18. The van der Waals surface area contributed by atoms with Crippen molar-refractivity contribution in [3.05, 3.63) is 0 Å². The highest BCUT2D eigenvalue weighted by atomic mass is 16.9. The first-order valence-corrected chi connectivity index (χ1v) is 19.0. The van der Waals surface area contributed by atoms with E-state index in [1.807, 2.05) is 55.4 Å². The van der Waals surface area contributed by atoms with Gasteiger partial charge in [0.25, 0.3) is 11.6 Å². The van der Waals surface area contributed by atoms with Crippen molar-refractivity contribution in [3.8, 4) is 0 Å². The van der Waals surface area contributed by atoms with Crippen molar-refractivity contribution < 1.29 is 57.0 Å². The molecule has 0 bridgehead atoms. The van der Waals surface area contributed by atoms with E-state index in [4.69, 9.17) is 47.4 Å². The average molecular weight is 709 g/mol. The second-order valence-electron chi connectivity index (χ2n) is 12.2. The summed E-state index contributed by atoms with van der Waals surface area (Å²) in [6.07, 6.45) is 8.15. The van der Waals surface area contributed by atoms with Crippen LogP contribution in [0.3, 0.4) is 0 Å². The lowest BCUT2D eigenvalue weighted by Gasteiger charge is -2.44. The highest BCUT2D eigenvalue weighted by Gasteiger charge is 2.59. The van der Waals surface area contributed by atoms with Gasteiger partial charge in [-0.3, -0.25) is 9.59 Å². The lowest BCUT2D eigenvalue weighted by atomic mass is 10.1. The minimum atomic E-state index is -1.83. The molecule has 12 nitrogen and oxygen atoms in total. The summed E-state index contributed by atoms with van der Waals surface area (Å²) >= 11 is 0. The predicted molar refractivity (Wildman–Crippen MR) is 187 cm³/mol. The van der Waals surface area contributed by atoms with Gasteiger partial charge >= 0.3 is 23.9 Å². The van der Waals surface area contributed by atoms with E-state index in [2.05, 4.69) is 0 Å². The molecule has 0 spiro atoms. The molecule has 0 aliphatic heterocycles. The Hall–Kier alpha value is -1.38. The highest BCUT2D eigenvalue weighted by molar-refractivity contribution is 5.70. The molecule has 0 saturated carbocycles. The Bertz CT molecular complexity index is 758. The van der Waals surface area contributed by atoms with E-state index in [1.54, 1.807) is 13.8 Å². The molecule has 0 heterocycles. The number of unbranched alkanes of at least 4 members (excludes halogenated alkanes) is 4. The normalized spacial score (nSPS) is 14.7. The van der Waals surface area contributed by atoms with E-state index in [9.17, 15) is 9.59 Å². The molecule has 0 aliphatic rings. The van der Waals surface area contributed by atoms with Crippen LogP contribution in [0.2, 0.25) is 0 Å². The summed E-state index contributed by atoms with van der Waals surface area (Å²) in [7, 11) is 0. The summed E-state index contributed by atoms with van der Waals surface area (Å²) in [5, 5.41) is 0. The van der Waals surface area contributed by atoms with Crippen LogP contribution in [0.5, 0.6) is 0 Å². The Morgan fingerprint density at radius 1 is 0.388 bits per heavy atom. The van der Waals surface area contributed by atoms with Gasteiger partial charge in [0, 0.05) is 26.1 Å². The Kier molecular flexibility index (Phi) is 26.5. The molecule has 0 radical (unpaired) electrons. The third kappa shape index (κ3) is 16.7. The van der Waals surface area contributed by atoms with Gasteiger partial charge in [-0.25, -0.2) is 0 Å². The molecule has 0 fully saturated rings. The van der Waals surface area contributed by atoms with Crippen molar-refractivity contribution in [1.82, 2.24) is 0 Å². The first kappa shape index (κ1) is 47.6. The third-order valence-electron chi connectivity index (χ3n) is 7.36. The summed E-state index contributed by atoms with van der Waals surface area (Å²) in [5.74, 6) is -7.48. The second-order valence-corrected chi connectivity index (χ2v) is 12.2. The number of carbonyl (C=O) groups excluding carboxylic acids is 2. The van der Waals surface area contributed by atoms with Gasteiger partial charge < -0.3 is 47.4 Å². The highest BCUT2D eigenvalue weighted by Crippen LogP contribution is 2.37. The van der Waals surface area contributed by atoms with Crippen molar-refractivity contribution in [2.45, 2.75) is 176 Å². The number of hydrogen-bond acceptors (Lipinski definition) is 12. The maximum Gasteiger partial charge on any atom is 0.386 e. The van der Waals surface area contributed by atoms with Crippen molar-refractivity contribution in [2.24, 2.45) is 0 Å². The maximum absolute atomic E-state index is 13.2. The molecule has 49 heavy (non-hydrogen) atoms. The van der Waals surface area contributed by atoms with Crippen LogP contribution in [0.25, 0.3) is 0 Å². The third-order valence-corrected chi connectivity index (χ3v) is 7.36. The van der Waals surface area contributed by atoms with E-state index < -0.39 is 35.5 Å². The summed E-state index contributed by atoms with van der Waals surface area (Å²) in [4.78, 5) is 26.3. The zero-order valence-corrected chi connectivity index (χ0v) is 32.7. The Morgan fingerprint density at radius 2 is 0.653 bits per heavy atom. The fourth-order valence-electron chi connectivity index (χ4n) is 4.91. The molecular formula is C37H72O12. The fourth-order valence-corrected chi connectivity index (χ4v) is 4.91. The van der Waals surface area contributed by atoms with Gasteiger partial charge in [0.15, 0.2) is 0 Å². The number of esters is 2. The van der Waals surface area contributed by atoms with Gasteiger partial charge in [0.1, 0.15) is 0 Å². The molecule has 0 rings (SSSR count). The average Bonchev–Trinajstić information content (AvgIpc) is 3.08. The van der Waals surface area contributed by atoms with E-state index >= 15 is 0 Å². The molecule has 0 aromatic rings. The van der Waals surface area contributed by atoms with Crippen LogP contribution in [0, 0.1) is 0 Å². The lowest BCUT2D eigenvalue weighted by Crippen LogP contribution is -2.62. The SMILES string of the molecule is CCCOC(C)(OCC)C(OCCC)(OCCC)OC(=O)CCCCCCCC(=O)OC(OCCC)(OCCC)C(C)(OCC)OCCC. The molecule has 0 saturated heterocycles. The first-order chi connectivity index (χ1) is 23.5. The quantitative estimate of drug-likeness (QED) is 0.0363. The van der Waals surface area contributed by atoms with Gasteiger partial charge in [0.2, 0.25) is 0 Å². The summed E-state index contributed by atoms with van der Waals surface area (Å²) < 4.78 is 60.3. The van der Waals surface area contributed by atoms with E-state index in [0.29, 0.717) is 91.4 Å². The monoisotopic (exact) mass is 709 g/mol. The van der Waals surface area contributed by atoms with E-state index in [0.717, 1.165) is 32.1 Å². The molecule has 2 unspecified atom stereocenters. The number of hydrogen-bond donors (Lipinski definition) is 0. The van der Waals surface area contributed by atoms with Gasteiger partial charge in [-0.1, -0.05) is 60.8 Å². The molecule has 0 aromatic heterocycles. The Morgan fingerprint density at radius 3 is 0.918 bits per heavy atom. The standard InChI is InChI=1S/C37H72O12/c1-11-26-42-34(9,40-17-7)36(44-28-13-3,45-29-14-4)48-32(38)24-22-20-19-21-23-25-33(39)49-37(46-30-15-5,47-31-16-6)35(10,41-18-8)43-27-12-2/h11-31H2,1-10H3. The number of rotatable bonds is 34. The van der Waals surface area contributed by atoms with E-state index in [1.165, 1.54) is 0 Å². The lowest BCUT2D eigenvalue weighted by molar-refractivity contribution is -0.480. The van der Waals surface area contributed by atoms with E-state index in [-0.39, 0.29) is 12.8 Å². The first-order valence-electron chi connectivity index (χ1n) is 19.0. The molecule has 12 heteroatoms. The molecular weight excluding hydrogens is 636 g/mol. The topological polar surface area (TPSA) is 126 Å². The minimum Gasteiger partial charge on any atom is -0.403 e. The molecule has 0 N–H and O–H groups in total. The minimum absolute atomic E-state index is 0.171. The van der Waals surface area contributed by atoms with Crippen molar-refractivity contribution in [3.63, 3.8) is 0 Å². The molecule has 0 amide bonds.